The number of fused-ring (bicyclic) bond motifs is 1. The van der Waals surface area contributed by atoms with E-state index in [-0.39, 0.29) is 37.1 Å². The first-order valence-electron chi connectivity index (χ1n) is 13.3. The van der Waals surface area contributed by atoms with Crippen LogP contribution in [0.1, 0.15) is 30.4 Å². The molecule has 0 spiro atoms. The number of hydrogen-bond donors (Lipinski definition) is 1. The molecule has 2 saturated heterocycles. The minimum absolute atomic E-state index is 0.0312. The zero-order valence-corrected chi connectivity index (χ0v) is 22.5. The number of benzene rings is 2. The number of aryl methyl sites for hydroxylation is 1. The molecule has 2 unspecified atom stereocenters. The highest BCUT2D eigenvalue weighted by molar-refractivity contribution is 5.95. The van der Waals surface area contributed by atoms with Crippen LogP contribution in [0.5, 0.6) is 6.01 Å². The van der Waals surface area contributed by atoms with Gasteiger partial charge in [0.25, 0.3) is 0 Å². The molecule has 2 fully saturated rings. The average molecular weight is 544 g/mol. The second-order valence-corrected chi connectivity index (χ2v) is 10.4. The van der Waals surface area contributed by atoms with E-state index in [2.05, 4.69) is 29.1 Å². The molecule has 1 N–H and O–H groups in total. The Bertz CT molecular complexity index is 1530. The van der Waals surface area contributed by atoms with Crippen molar-refractivity contribution in [3.8, 4) is 29.3 Å². The van der Waals surface area contributed by atoms with Crippen molar-refractivity contribution in [3.05, 3.63) is 47.3 Å². The van der Waals surface area contributed by atoms with Gasteiger partial charge in [-0.15, -0.1) is 0 Å². The monoisotopic (exact) mass is 543 g/mol. The van der Waals surface area contributed by atoms with E-state index >= 15 is 0 Å². The smallest absolute Gasteiger partial charge is 0.407 e. The number of nitriles is 2. The van der Waals surface area contributed by atoms with E-state index in [1.807, 2.05) is 11.8 Å². The van der Waals surface area contributed by atoms with Gasteiger partial charge in [0.2, 0.25) is 0 Å². The second kappa shape index (κ2) is 11.3. The first-order chi connectivity index (χ1) is 19.3. The molecule has 5 rings (SSSR count). The predicted octanol–water partition coefficient (Wildman–Crippen LogP) is 4.17. The molecule has 1 amide bonds. The molecular formula is C29H30FN7O3. The van der Waals surface area contributed by atoms with Gasteiger partial charge in [0, 0.05) is 42.2 Å². The summed E-state index contributed by atoms with van der Waals surface area (Å²) in [7, 11) is 2.05. The summed E-state index contributed by atoms with van der Waals surface area (Å²) in [6, 6.07) is 12.2. The summed E-state index contributed by atoms with van der Waals surface area (Å²) in [5.74, 6) is 0.0427. The zero-order valence-electron chi connectivity index (χ0n) is 22.5. The molecule has 0 aliphatic carbocycles. The van der Waals surface area contributed by atoms with Crippen molar-refractivity contribution >= 4 is 22.8 Å². The topological polar surface area (TPSA) is 130 Å². The van der Waals surface area contributed by atoms with Gasteiger partial charge in [0.15, 0.2) is 0 Å². The molecule has 2 atom stereocenters. The fourth-order valence-corrected chi connectivity index (χ4v) is 5.55. The van der Waals surface area contributed by atoms with E-state index in [0.717, 1.165) is 24.9 Å². The molecule has 2 aliphatic heterocycles. The van der Waals surface area contributed by atoms with Gasteiger partial charge in [-0.2, -0.15) is 20.5 Å². The Hall–Kier alpha value is -4.48. The maximum atomic E-state index is 14.9. The number of carboxylic acid groups (broad SMARTS) is 1. The SMILES string of the molecule is Cc1ccc(F)c(-c2cc3nc(OCC4CCCN4C)nc(N4CCN(C(=O)O)C(CC#N)C4)c3cc2C#N)c1. The molecular weight excluding hydrogens is 513 g/mol. The molecule has 2 aromatic carbocycles. The number of nitrogens with zero attached hydrogens (tertiary/aromatic N) is 7. The summed E-state index contributed by atoms with van der Waals surface area (Å²) in [4.78, 5) is 26.6. The Morgan fingerprint density at radius 2 is 1.98 bits per heavy atom. The van der Waals surface area contributed by atoms with Crippen LogP contribution >= 0.6 is 0 Å². The van der Waals surface area contributed by atoms with Crippen LogP contribution in [0.15, 0.2) is 30.3 Å². The van der Waals surface area contributed by atoms with Crippen molar-refractivity contribution in [1.82, 2.24) is 19.8 Å². The lowest BCUT2D eigenvalue weighted by Crippen LogP contribution is -2.55. The lowest BCUT2D eigenvalue weighted by Gasteiger charge is -2.40. The van der Waals surface area contributed by atoms with Crippen molar-refractivity contribution in [2.45, 2.75) is 38.3 Å². The van der Waals surface area contributed by atoms with Crippen molar-refractivity contribution in [2.75, 3.05) is 44.7 Å². The lowest BCUT2D eigenvalue weighted by atomic mass is 9.96. The zero-order chi connectivity index (χ0) is 28.4. The molecule has 1 aromatic heterocycles. The van der Waals surface area contributed by atoms with Gasteiger partial charge in [0.1, 0.15) is 18.2 Å². The number of aromatic nitrogens is 2. The average Bonchev–Trinajstić information content (AvgIpc) is 3.36. The maximum absolute atomic E-state index is 14.9. The highest BCUT2D eigenvalue weighted by Crippen LogP contribution is 2.35. The molecule has 10 nitrogen and oxygen atoms in total. The van der Waals surface area contributed by atoms with Crippen LogP contribution in [0.3, 0.4) is 0 Å². The third-order valence-corrected chi connectivity index (χ3v) is 7.76. The van der Waals surface area contributed by atoms with E-state index in [0.29, 0.717) is 41.0 Å². The van der Waals surface area contributed by atoms with E-state index < -0.39 is 18.0 Å². The first kappa shape index (κ1) is 27.1. The summed E-state index contributed by atoms with van der Waals surface area (Å²) >= 11 is 0. The normalized spacial score (nSPS) is 19.4. The van der Waals surface area contributed by atoms with Gasteiger partial charge in [-0.3, -0.25) is 0 Å². The van der Waals surface area contributed by atoms with Gasteiger partial charge >= 0.3 is 12.1 Å². The summed E-state index contributed by atoms with van der Waals surface area (Å²) in [6.07, 6.45) is 1.05. The predicted molar refractivity (Wildman–Crippen MR) is 146 cm³/mol. The van der Waals surface area contributed by atoms with Gasteiger partial charge < -0.3 is 24.5 Å². The van der Waals surface area contributed by atoms with Crippen LogP contribution in [0.4, 0.5) is 15.0 Å². The number of hydrogen-bond acceptors (Lipinski definition) is 8. The van der Waals surface area contributed by atoms with Gasteiger partial charge in [-0.25, -0.2) is 9.18 Å². The Balaban J connectivity index is 1.61. The number of likely N-dealkylation sites (N-methyl/N-ethyl adjacent to an activating group) is 1. The number of rotatable bonds is 6. The Morgan fingerprint density at radius 3 is 2.67 bits per heavy atom. The number of halogens is 1. The van der Waals surface area contributed by atoms with Crippen LogP contribution in [0.25, 0.3) is 22.0 Å². The molecule has 40 heavy (non-hydrogen) atoms. The number of carbonyl (C=O) groups is 1. The third-order valence-electron chi connectivity index (χ3n) is 7.76. The van der Waals surface area contributed by atoms with E-state index in [9.17, 15) is 24.8 Å². The number of anilines is 1. The van der Waals surface area contributed by atoms with Crippen LogP contribution in [-0.4, -0.2) is 82.9 Å². The first-order valence-corrected chi connectivity index (χ1v) is 13.3. The highest BCUT2D eigenvalue weighted by Gasteiger charge is 2.32. The Labute approximate surface area is 231 Å². The van der Waals surface area contributed by atoms with Crippen LogP contribution in [-0.2, 0) is 0 Å². The summed E-state index contributed by atoms with van der Waals surface area (Å²) in [5.41, 5.74) is 2.32. The lowest BCUT2D eigenvalue weighted by molar-refractivity contribution is 0.119. The Kier molecular flexibility index (Phi) is 7.67. The summed E-state index contributed by atoms with van der Waals surface area (Å²) in [6.45, 7) is 4.02. The third kappa shape index (κ3) is 5.33. The molecule has 3 aromatic rings. The summed E-state index contributed by atoms with van der Waals surface area (Å²) in [5, 5.41) is 29.6. The Morgan fingerprint density at radius 1 is 1.15 bits per heavy atom. The fraction of sp³-hybridized carbons (Fsp3) is 0.414. The summed E-state index contributed by atoms with van der Waals surface area (Å²) < 4.78 is 21.0. The molecule has 0 bridgehead atoms. The van der Waals surface area contributed by atoms with Crippen LogP contribution in [0, 0.1) is 35.4 Å². The van der Waals surface area contributed by atoms with Gasteiger partial charge in [0.05, 0.1) is 35.7 Å². The molecule has 3 heterocycles. The number of likely N-dealkylation sites (tertiary alicyclic amines) is 1. The van der Waals surface area contributed by atoms with Gasteiger partial charge in [-0.05, 0) is 57.6 Å². The molecule has 206 valence electrons. The van der Waals surface area contributed by atoms with Crippen molar-refractivity contribution in [1.29, 1.82) is 10.5 Å². The standard InChI is InChI=1S/C29H30FN7O3/c1-18-5-6-25(30)23(12-18)22-14-26-24(13-19(22)15-32)27(34-28(33-26)40-17-21-4-3-9-35(21)2)36-10-11-37(29(38)39)20(16-36)7-8-31/h5-6,12-14,20-21H,3-4,7,9-11,16-17H2,1-2H3,(H,38,39). The fourth-order valence-electron chi connectivity index (χ4n) is 5.55. The molecule has 0 saturated carbocycles. The van der Waals surface area contributed by atoms with Crippen LogP contribution < -0.4 is 9.64 Å². The quantitative estimate of drug-likeness (QED) is 0.487. The van der Waals surface area contributed by atoms with E-state index in [1.165, 1.54) is 11.0 Å². The largest absolute Gasteiger partial charge is 0.465 e. The molecule has 11 heteroatoms. The van der Waals surface area contributed by atoms with Gasteiger partial charge in [-0.1, -0.05) is 11.6 Å². The molecule has 0 radical (unpaired) electrons. The van der Waals surface area contributed by atoms with Crippen LogP contribution in [0.2, 0.25) is 0 Å². The minimum Gasteiger partial charge on any atom is -0.465 e. The number of ether oxygens (including phenoxy) is 1. The number of amides is 1. The minimum atomic E-state index is -1.08. The second-order valence-electron chi connectivity index (χ2n) is 10.4. The maximum Gasteiger partial charge on any atom is 0.407 e. The van der Waals surface area contributed by atoms with E-state index in [4.69, 9.17) is 9.72 Å². The van der Waals surface area contributed by atoms with Crippen molar-refractivity contribution in [2.24, 2.45) is 0 Å². The van der Waals surface area contributed by atoms with Crippen molar-refractivity contribution < 1.29 is 19.0 Å². The highest BCUT2D eigenvalue weighted by atomic mass is 19.1. The van der Waals surface area contributed by atoms with Crippen molar-refractivity contribution in [3.63, 3.8) is 0 Å². The molecule has 2 aliphatic rings. The van der Waals surface area contributed by atoms with E-state index in [1.54, 1.807) is 24.3 Å². The number of piperazine rings is 1.